The van der Waals surface area contributed by atoms with Crippen molar-refractivity contribution < 1.29 is 9.53 Å². The lowest BCUT2D eigenvalue weighted by atomic mass is 9.91. The van der Waals surface area contributed by atoms with Crippen LogP contribution in [0.1, 0.15) is 37.8 Å². The summed E-state index contributed by atoms with van der Waals surface area (Å²) >= 11 is 3.55. The molecule has 0 aromatic heterocycles. The molecule has 2 aliphatic heterocycles. The molecule has 1 aromatic rings. The number of halogens is 1. The molecule has 2 aliphatic rings. The number of fused-ring (bicyclic) bond motifs is 1. The van der Waals surface area contributed by atoms with Gasteiger partial charge >= 0.3 is 0 Å². The first kappa shape index (κ1) is 15.0. The molecule has 3 nitrogen and oxygen atoms in total. The van der Waals surface area contributed by atoms with E-state index >= 15 is 0 Å². The molecule has 0 atom stereocenters. The molecule has 21 heavy (non-hydrogen) atoms. The lowest BCUT2D eigenvalue weighted by Gasteiger charge is -2.34. The van der Waals surface area contributed by atoms with E-state index in [1.54, 1.807) is 0 Å². The molecule has 0 saturated carbocycles. The van der Waals surface area contributed by atoms with Gasteiger partial charge in [-0.1, -0.05) is 15.9 Å². The lowest BCUT2D eigenvalue weighted by molar-refractivity contribution is -0.128. The number of ether oxygens (including phenoxy) is 1. The van der Waals surface area contributed by atoms with Crippen molar-refractivity contribution in [2.24, 2.45) is 0 Å². The van der Waals surface area contributed by atoms with E-state index in [0.29, 0.717) is 6.42 Å². The molecule has 0 unspecified atom stereocenters. The second-order valence-electron chi connectivity index (χ2n) is 6.50. The Morgan fingerprint density at radius 1 is 1.33 bits per heavy atom. The first-order valence-electron chi connectivity index (χ1n) is 7.71. The monoisotopic (exact) mass is 351 g/mol. The van der Waals surface area contributed by atoms with Gasteiger partial charge in [-0.3, -0.25) is 9.69 Å². The number of ketones is 1. The lowest BCUT2D eigenvalue weighted by Crippen LogP contribution is -2.49. The summed E-state index contributed by atoms with van der Waals surface area (Å²) in [6.07, 6.45) is 3.79. The van der Waals surface area contributed by atoms with Gasteiger partial charge in [0.15, 0.2) is 5.78 Å². The predicted molar refractivity (Wildman–Crippen MR) is 86.9 cm³/mol. The highest BCUT2D eigenvalue weighted by Crippen LogP contribution is 2.34. The van der Waals surface area contributed by atoms with Crippen LogP contribution in [0.4, 0.5) is 0 Å². The molecule has 3 rings (SSSR count). The number of carbonyl (C=O) groups excluding carboxylic acids is 1. The number of hydrogen-bond donors (Lipinski definition) is 0. The van der Waals surface area contributed by atoms with Crippen LogP contribution < -0.4 is 4.74 Å². The third-order valence-corrected chi connectivity index (χ3v) is 5.21. The Bertz CT molecular complexity index is 562. The summed E-state index contributed by atoms with van der Waals surface area (Å²) in [5.74, 6) is 1.21. The maximum absolute atomic E-state index is 12.8. The van der Waals surface area contributed by atoms with Crippen molar-refractivity contribution in [2.75, 3.05) is 19.7 Å². The van der Waals surface area contributed by atoms with Crippen molar-refractivity contribution in [2.45, 2.75) is 45.1 Å². The molecule has 0 bridgehead atoms. The minimum absolute atomic E-state index is 0.278. The van der Waals surface area contributed by atoms with E-state index in [2.05, 4.69) is 40.7 Å². The summed E-state index contributed by atoms with van der Waals surface area (Å²) in [7, 11) is 0. The smallest absolute Gasteiger partial charge is 0.157 e. The van der Waals surface area contributed by atoms with Crippen LogP contribution in [0.5, 0.6) is 5.75 Å². The first-order chi connectivity index (χ1) is 9.98. The van der Waals surface area contributed by atoms with Gasteiger partial charge in [0.05, 0.1) is 12.1 Å². The molecule has 114 valence electrons. The minimum atomic E-state index is -0.385. The van der Waals surface area contributed by atoms with Crippen molar-refractivity contribution in [3.8, 4) is 5.75 Å². The molecule has 4 heteroatoms. The quantitative estimate of drug-likeness (QED) is 0.832. The van der Waals surface area contributed by atoms with E-state index in [0.717, 1.165) is 41.9 Å². The molecule has 0 radical (unpaired) electrons. The number of hydrogen-bond acceptors (Lipinski definition) is 3. The highest BCUT2D eigenvalue weighted by Gasteiger charge is 2.36. The molecule has 0 N–H and O–H groups in total. The predicted octanol–water partition coefficient (Wildman–Crippen LogP) is 3.37. The Morgan fingerprint density at radius 2 is 2.05 bits per heavy atom. The molecule has 0 amide bonds. The summed E-state index contributed by atoms with van der Waals surface area (Å²) in [5.41, 5.74) is 1.85. The normalized spacial score (nSPS) is 18.6. The molecule has 0 aliphatic carbocycles. The van der Waals surface area contributed by atoms with Gasteiger partial charge in [-0.15, -0.1) is 0 Å². The molecule has 0 spiro atoms. The van der Waals surface area contributed by atoms with Gasteiger partial charge < -0.3 is 4.74 Å². The highest BCUT2D eigenvalue weighted by atomic mass is 79.9. The van der Waals surface area contributed by atoms with Gasteiger partial charge in [-0.2, -0.15) is 0 Å². The van der Waals surface area contributed by atoms with Gasteiger partial charge in [0.25, 0.3) is 0 Å². The Balaban J connectivity index is 1.82. The van der Waals surface area contributed by atoms with Crippen molar-refractivity contribution >= 4 is 21.7 Å². The summed E-state index contributed by atoms with van der Waals surface area (Å²) < 4.78 is 6.77. The zero-order valence-corrected chi connectivity index (χ0v) is 14.3. The summed E-state index contributed by atoms with van der Waals surface area (Å²) in [6, 6.07) is 4.13. The van der Waals surface area contributed by atoms with Gasteiger partial charge in [0.2, 0.25) is 0 Å². The van der Waals surface area contributed by atoms with E-state index in [1.165, 1.54) is 18.4 Å². The third kappa shape index (κ3) is 2.88. The Hall–Kier alpha value is -0.870. The molecular formula is C17H22BrNO2. The van der Waals surface area contributed by atoms with Crippen molar-refractivity contribution in [3.05, 3.63) is 27.7 Å². The number of Topliss-reactive ketones (excluding diaryl/α,β-unsaturated/α-hetero) is 1. The largest absolute Gasteiger partial charge is 0.493 e. The van der Waals surface area contributed by atoms with Crippen molar-refractivity contribution in [1.82, 2.24) is 4.90 Å². The molecule has 1 saturated heterocycles. The number of likely N-dealkylation sites (tertiary alicyclic amines) is 1. The fraction of sp³-hybridized carbons (Fsp3) is 0.588. The van der Waals surface area contributed by atoms with E-state index < -0.39 is 0 Å². The number of benzene rings is 1. The fourth-order valence-corrected chi connectivity index (χ4v) is 3.87. The van der Waals surface area contributed by atoms with Crippen LogP contribution in [0.15, 0.2) is 16.6 Å². The standard InChI is InChI=1S/C17H22BrNO2/c1-17(2,19-6-3-4-7-19)15(20)11-13-10-14(18)9-12-5-8-21-16(12)13/h9-10H,3-8,11H2,1-2H3. The van der Waals surface area contributed by atoms with Crippen LogP contribution in [0.25, 0.3) is 0 Å². The first-order valence-corrected chi connectivity index (χ1v) is 8.50. The van der Waals surface area contributed by atoms with E-state index in [4.69, 9.17) is 4.74 Å². The van der Waals surface area contributed by atoms with Gasteiger partial charge in [0.1, 0.15) is 5.75 Å². The van der Waals surface area contributed by atoms with Crippen LogP contribution in [0, 0.1) is 0 Å². The number of carbonyl (C=O) groups is 1. The van der Waals surface area contributed by atoms with Crippen LogP contribution in [0.2, 0.25) is 0 Å². The molecule has 2 heterocycles. The summed E-state index contributed by atoms with van der Waals surface area (Å²) in [6.45, 7) is 6.90. The maximum atomic E-state index is 12.8. The third-order valence-electron chi connectivity index (χ3n) is 4.76. The van der Waals surface area contributed by atoms with Crippen molar-refractivity contribution in [1.29, 1.82) is 0 Å². The Morgan fingerprint density at radius 3 is 2.76 bits per heavy atom. The average Bonchev–Trinajstić information content (AvgIpc) is 3.09. The maximum Gasteiger partial charge on any atom is 0.157 e. The topological polar surface area (TPSA) is 29.5 Å². The minimum Gasteiger partial charge on any atom is -0.493 e. The second-order valence-corrected chi connectivity index (χ2v) is 7.42. The van der Waals surface area contributed by atoms with Gasteiger partial charge in [-0.25, -0.2) is 0 Å². The van der Waals surface area contributed by atoms with Crippen LogP contribution in [0.3, 0.4) is 0 Å². The molecule has 1 fully saturated rings. The van der Waals surface area contributed by atoms with Gasteiger partial charge in [0, 0.05) is 22.9 Å². The van der Waals surface area contributed by atoms with Crippen LogP contribution >= 0.6 is 15.9 Å². The summed E-state index contributed by atoms with van der Waals surface area (Å²) in [5, 5.41) is 0. The van der Waals surface area contributed by atoms with Crippen molar-refractivity contribution in [3.63, 3.8) is 0 Å². The fourth-order valence-electron chi connectivity index (χ4n) is 3.32. The SMILES string of the molecule is CC(C)(C(=O)Cc1cc(Br)cc2c1OCC2)N1CCCC1. The van der Waals surface area contributed by atoms with Crippen LogP contribution in [-0.2, 0) is 17.6 Å². The van der Waals surface area contributed by atoms with E-state index in [1.807, 2.05) is 6.07 Å². The van der Waals surface area contributed by atoms with Gasteiger partial charge in [-0.05, 0) is 57.5 Å². The molecule has 1 aromatic carbocycles. The zero-order chi connectivity index (χ0) is 15.0. The van der Waals surface area contributed by atoms with E-state index in [-0.39, 0.29) is 11.3 Å². The Kier molecular flexibility index (Phi) is 4.10. The zero-order valence-electron chi connectivity index (χ0n) is 12.7. The number of rotatable bonds is 4. The van der Waals surface area contributed by atoms with Crippen LogP contribution in [-0.4, -0.2) is 35.9 Å². The highest BCUT2D eigenvalue weighted by molar-refractivity contribution is 9.10. The Labute approximate surface area is 134 Å². The molecular weight excluding hydrogens is 330 g/mol. The average molecular weight is 352 g/mol. The van der Waals surface area contributed by atoms with E-state index in [9.17, 15) is 4.79 Å². The number of nitrogens with zero attached hydrogens (tertiary/aromatic N) is 1. The summed E-state index contributed by atoms with van der Waals surface area (Å²) in [4.78, 5) is 15.1. The second kappa shape index (κ2) is 5.73.